The summed E-state index contributed by atoms with van der Waals surface area (Å²) in [7, 11) is 0. The molecule has 0 aliphatic carbocycles. The lowest BCUT2D eigenvalue weighted by molar-refractivity contribution is -0.126. The van der Waals surface area contributed by atoms with E-state index < -0.39 is 0 Å². The van der Waals surface area contributed by atoms with Crippen LogP contribution in [0.15, 0.2) is 30.3 Å². The SMILES string of the molecule is CCN1CCN(CCCNC(=O)C(C)N2CCC(Cc3ccccc3)CC2)CC1. The number of rotatable bonds is 9. The number of carbonyl (C=O) groups excluding carboxylic acids is 1. The highest BCUT2D eigenvalue weighted by Gasteiger charge is 2.26. The van der Waals surface area contributed by atoms with Gasteiger partial charge in [0.1, 0.15) is 0 Å². The summed E-state index contributed by atoms with van der Waals surface area (Å²) < 4.78 is 0. The van der Waals surface area contributed by atoms with Gasteiger partial charge >= 0.3 is 0 Å². The normalized spacial score (nSPS) is 21.2. The number of likely N-dealkylation sites (tertiary alicyclic amines) is 1. The van der Waals surface area contributed by atoms with Crippen LogP contribution in [-0.4, -0.2) is 85.6 Å². The van der Waals surface area contributed by atoms with Crippen molar-refractivity contribution in [1.82, 2.24) is 20.0 Å². The zero-order valence-electron chi connectivity index (χ0n) is 18.5. The van der Waals surface area contributed by atoms with Gasteiger partial charge in [-0.15, -0.1) is 0 Å². The molecule has 2 aliphatic rings. The Kier molecular flexibility index (Phi) is 8.96. The van der Waals surface area contributed by atoms with Crippen LogP contribution in [0.3, 0.4) is 0 Å². The highest BCUT2D eigenvalue weighted by atomic mass is 16.2. The molecule has 1 aromatic rings. The topological polar surface area (TPSA) is 38.8 Å². The Morgan fingerprint density at radius 3 is 2.34 bits per heavy atom. The second-order valence-corrected chi connectivity index (χ2v) is 8.77. The van der Waals surface area contributed by atoms with Crippen molar-refractivity contribution in [3.8, 4) is 0 Å². The minimum atomic E-state index is -0.0132. The maximum Gasteiger partial charge on any atom is 0.237 e. The van der Waals surface area contributed by atoms with Gasteiger partial charge in [0.05, 0.1) is 6.04 Å². The highest BCUT2D eigenvalue weighted by molar-refractivity contribution is 5.81. The second kappa shape index (κ2) is 11.7. The van der Waals surface area contributed by atoms with Gasteiger partial charge in [-0.25, -0.2) is 0 Å². The van der Waals surface area contributed by atoms with Crippen molar-refractivity contribution in [2.45, 2.75) is 45.6 Å². The van der Waals surface area contributed by atoms with Crippen LogP contribution in [0.1, 0.15) is 38.7 Å². The fourth-order valence-electron chi connectivity index (χ4n) is 4.65. The van der Waals surface area contributed by atoms with Crippen molar-refractivity contribution in [1.29, 1.82) is 0 Å². The molecule has 1 unspecified atom stereocenters. The van der Waals surface area contributed by atoms with Crippen LogP contribution < -0.4 is 5.32 Å². The summed E-state index contributed by atoms with van der Waals surface area (Å²) in [6, 6.07) is 10.8. The first-order valence-electron chi connectivity index (χ1n) is 11.7. The van der Waals surface area contributed by atoms with Crippen LogP contribution in [0.2, 0.25) is 0 Å². The molecule has 0 radical (unpaired) electrons. The maximum absolute atomic E-state index is 12.6. The van der Waals surface area contributed by atoms with E-state index in [-0.39, 0.29) is 11.9 Å². The van der Waals surface area contributed by atoms with Crippen molar-refractivity contribution >= 4 is 5.91 Å². The second-order valence-electron chi connectivity index (χ2n) is 8.77. The van der Waals surface area contributed by atoms with E-state index in [1.165, 1.54) is 37.9 Å². The fourth-order valence-corrected chi connectivity index (χ4v) is 4.65. The molecular weight excluding hydrogens is 360 g/mol. The van der Waals surface area contributed by atoms with E-state index in [9.17, 15) is 4.79 Å². The van der Waals surface area contributed by atoms with E-state index in [0.29, 0.717) is 0 Å². The van der Waals surface area contributed by atoms with Crippen LogP contribution in [0.25, 0.3) is 0 Å². The Labute approximate surface area is 177 Å². The summed E-state index contributed by atoms with van der Waals surface area (Å²) in [5.41, 5.74) is 1.44. The van der Waals surface area contributed by atoms with Gasteiger partial charge in [0.15, 0.2) is 0 Å². The largest absolute Gasteiger partial charge is 0.355 e. The van der Waals surface area contributed by atoms with Crippen molar-refractivity contribution in [2.24, 2.45) is 5.92 Å². The minimum Gasteiger partial charge on any atom is -0.355 e. The average Bonchev–Trinajstić information content (AvgIpc) is 2.77. The molecule has 5 nitrogen and oxygen atoms in total. The predicted octanol–water partition coefficient (Wildman–Crippen LogP) is 2.47. The maximum atomic E-state index is 12.6. The van der Waals surface area contributed by atoms with Crippen LogP contribution in [0.5, 0.6) is 0 Å². The van der Waals surface area contributed by atoms with Gasteiger partial charge in [0.25, 0.3) is 0 Å². The lowest BCUT2D eigenvalue weighted by Gasteiger charge is -2.35. The summed E-state index contributed by atoms with van der Waals surface area (Å²) in [5, 5.41) is 3.17. The molecule has 0 saturated carbocycles. The van der Waals surface area contributed by atoms with Crippen molar-refractivity contribution in [3.05, 3.63) is 35.9 Å². The monoisotopic (exact) mass is 400 g/mol. The van der Waals surface area contributed by atoms with Gasteiger partial charge in [0.2, 0.25) is 5.91 Å². The molecule has 1 aromatic carbocycles. The van der Waals surface area contributed by atoms with Crippen molar-refractivity contribution < 1.29 is 4.79 Å². The smallest absolute Gasteiger partial charge is 0.237 e. The van der Waals surface area contributed by atoms with E-state index >= 15 is 0 Å². The third-order valence-electron chi connectivity index (χ3n) is 6.81. The minimum absolute atomic E-state index is 0.0132. The molecule has 0 aromatic heterocycles. The summed E-state index contributed by atoms with van der Waals surface area (Å²) >= 11 is 0. The Morgan fingerprint density at radius 2 is 1.69 bits per heavy atom. The summed E-state index contributed by atoms with van der Waals surface area (Å²) in [6.07, 6.45) is 4.60. The first kappa shape index (κ1) is 22.3. The zero-order chi connectivity index (χ0) is 20.5. The van der Waals surface area contributed by atoms with Gasteiger partial charge in [0, 0.05) is 32.7 Å². The third-order valence-corrected chi connectivity index (χ3v) is 6.81. The Bertz CT molecular complexity index is 592. The van der Waals surface area contributed by atoms with Gasteiger partial charge in [-0.05, 0) is 70.3 Å². The number of piperidine rings is 1. The van der Waals surface area contributed by atoms with E-state index in [2.05, 4.69) is 64.2 Å². The molecule has 1 atom stereocenters. The predicted molar refractivity (Wildman–Crippen MR) is 120 cm³/mol. The molecule has 162 valence electrons. The van der Waals surface area contributed by atoms with Crippen LogP contribution in [0.4, 0.5) is 0 Å². The zero-order valence-corrected chi connectivity index (χ0v) is 18.5. The quantitative estimate of drug-likeness (QED) is 0.647. The molecule has 0 spiro atoms. The number of benzene rings is 1. The number of hydrogen-bond acceptors (Lipinski definition) is 4. The Hall–Kier alpha value is -1.43. The molecule has 0 bridgehead atoms. The Morgan fingerprint density at radius 1 is 1.03 bits per heavy atom. The van der Waals surface area contributed by atoms with Crippen molar-refractivity contribution in [2.75, 3.05) is 58.9 Å². The fraction of sp³-hybridized carbons (Fsp3) is 0.708. The number of hydrogen-bond donors (Lipinski definition) is 1. The Balaban J connectivity index is 1.28. The molecule has 2 fully saturated rings. The summed E-state index contributed by atoms with van der Waals surface area (Å²) in [5.74, 6) is 0.944. The molecule has 2 aliphatic heterocycles. The lowest BCUT2D eigenvalue weighted by atomic mass is 9.89. The standard InChI is InChI=1S/C24H40N4O/c1-3-26-16-18-27(19-17-26)13-7-12-25-24(29)21(2)28-14-10-23(11-15-28)20-22-8-5-4-6-9-22/h4-6,8-9,21,23H,3,7,10-20H2,1-2H3,(H,25,29). The lowest BCUT2D eigenvalue weighted by Crippen LogP contribution is -2.49. The van der Waals surface area contributed by atoms with E-state index in [4.69, 9.17) is 0 Å². The van der Waals surface area contributed by atoms with Crippen molar-refractivity contribution in [3.63, 3.8) is 0 Å². The van der Waals surface area contributed by atoms with Crippen LogP contribution >= 0.6 is 0 Å². The molecule has 2 heterocycles. The summed E-state index contributed by atoms with van der Waals surface area (Å²) in [6.45, 7) is 14.1. The van der Waals surface area contributed by atoms with Gasteiger partial charge in [-0.2, -0.15) is 0 Å². The van der Waals surface area contributed by atoms with E-state index in [0.717, 1.165) is 58.2 Å². The first-order valence-corrected chi connectivity index (χ1v) is 11.7. The number of carbonyl (C=O) groups is 1. The number of nitrogens with zero attached hydrogens (tertiary/aromatic N) is 3. The van der Waals surface area contributed by atoms with Gasteiger partial charge in [-0.3, -0.25) is 9.69 Å². The first-order chi connectivity index (χ1) is 14.2. The van der Waals surface area contributed by atoms with Crippen LogP contribution in [-0.2, 0) is 11.2 Å². The number of piperazine rings is 1. The molecular formula is C24H40N4O. The highest BCUT2D eigenvalue weighted by Crippen LogP contribution is 2.22. The number of likely N-dealkylation sites (N-methyl/N-ethyl adjacent to an activating group) is 1. The molecule has 3 rings (SSSR count). The average molecular weight is 401 g/mol. The van der Waals surface area contributed by atoms with Crippen LogP contribution in [0, 0.1) is 5.92 Å². The van der Waals surface area contributed by atoms with E-state index in [1.807, 2.05) is 0 Å². The molecule has 2 saturated heterocycles. The van der Waals surface area contributed by atoms with E-state index in [1.54, 1.807) is 0 Å². The van der Waals surface area contributed by atoms with Gasteiger partial charge < -0.3 is 15.1 Å². The summed E-state index contributed by atoms with van der Waals surface area (Å²) in [4.78, 5) is 20.0. The number of amides is 1. The third kappa shape index (κ3) is 7.09. The van der Waals surface area contributed by atoms with Gasteiger partial charge in [-0.1, -0.05) is 37.3 Å². The molecule has 5 heteroatoms. The molecule has 1 amide bonds. The number of nitrogens with one attached hydrogen (secondary N) is 1. The molecule has 29 heavy (non-hydrogen) atoms. The molecule has 1 N–H and O–H groups in total.